The van der Waals surface area contributed by atoms with Gasteiger partial charge in [0.25, 0.3) is 5.91 Å². The van der Waals surface area contributed by atoms with Gasteiger partial charge >= 0.3 is 0 Å². The number of hydrogen-bond donors (Lipinski definition) is 1. The van der Waals surface area contributed by atoms with E-state index in [4.69, 9.17) is 13.9 Å². The quantitative estimate of drug-likeness (QED) is 0.682. The Morgan fingerprint density at radius 2 is 1.96 bits per heavy atom. The number of nitrogens with one attached hydrogen (secondary N) is 1. The molecule has 140 valence electrons. The van der Waals surface area contributed by atoms with Gasteiger partial charge in [-0.1, -0.05) is 6.07 Å². The maximum absolute atomic E-state index is 12.3. The van der Waals surface area contributed by atoms with E-state index in [-0.39, 0.29) is 11.9 Å². The van der Waals surface area contributed by atoms with Crippen LogP contribution in [-0.4, -0.2) is 18.0 Å². The first-order valence-corrected chi connectivity index (χ1v) is 8.63. The van der Waals surface area contributed by atoms with Crippen molar-refractivity contribution in [2.24, 2.45) is 0 Å². The average Bonchev–Trinajstić information content (AvgIpc) is 3.13. The van der Waals surface area contributed by atoms with Gasteiger partial charge in [0.2, 0.25) is 0 Å². The molecule has 0 radical (unpaired) electrons. The molecule has 27 heavy (non-hydrogen) atoms. The number of hydrogen-bond acceptors (Lipinski definition) is 5. The summed E-state index contributed by atoms with van der Waals surface area (Å²) in [7, 11) is 1.59. The van der Waals surface area contributed by atoms with Crippen LogP contribution < -0.4 is 14.8 Å². The van der Waals surface area contributed by atoms with Crippen molar-refractivity contribution in [1.29, 1.82) is 0 Å². The van der Waals surface area contributed by atoms with Gasteiger partial charge in [-0.3, -0.25) is 9.78 Å². The fraction of sp³-hybridized carbons (Fsp3) is 0.238. The molecule has 0 bridgehead atoms. The Hall–Kier alpha value is -3.28. The van der Waals surface area contributed by atoms with Gasteiger partial charge in [-0.15, -0.1) is 0 Å². The number of carbonyl (C=O) groups excluding carboxylic acids is 1. The monoisotopic (exact) mass is 366 g/mol. The van der Waals surface area contributed by atoms with Crippen molar-refractivity contribution in [3.05, 3.63) is 77.5 Å². The zero-order valence-electron chi connectivity index (χ0n) is 15.6. The maximum atomic E-state index is 12.3. The number of benzene rings is 1. The van der Waals surface area contributed by atoms with E-state index in [1.54, 1.807) is 25.6 Å². The number of aryl methyl sites for hydroxylation is 1. The molecule has 0 fully saturated rings. The van der Waals surface area contributed by atoms with Crippen LogP contribution in [-0.2, 0) is 6.61 Å². The lowest BCUT2D eigenvalue weighted by atomic mass is 10.1. The van der Waals surface area contributed by atoms with Crippen LogP contribution in [0.25, 0.3) is 0 Å². The number of nitrogens with zero attached hydrogens (tertiary/aromatic N) is 1. The third kappa shape index (κ3) is 4.47. The summed E-state index contributed by atoms with van der Waals surface area (Å²) < 4.78 is 16.5. The molecule has 0 saturated heterocycles. The van der Waals surface area contributed by atoms with Gasteiger partial charge in [0, 0.05) is 18.0 Å². The number of methoxy groups -OCH3 is 1. The summed E-state index contributed by atoms with van der Waals surface area (Å²) in [5.74, 6) is 1.32. The van der Waals surface area contributed by atoms with E-state index < -0.39 is 0 Å². The van der Waals surface area contributed by atoms with Gasteiger partial charge in [-0.25, -0.2) is 0 Å². The molecule has 2 heterocycles. The van der Waals surface area contributed by atoms with Gasteiger partial charge in [0.15, 0.2) is 17.3 Å². The lowest BCUT2D eigenvalue weighted by Crippen LogP contribution is -2.26. The van der Waals surface area contributed by atoms with Crippen molar-refractivity contribution in [1.82, 2.24) is 10.3 Å². The van der Waals surface area contributed by atoms with Crippen LogP contribution in [0.2, 0.25) is 0 Å². The molecule has 6 heteroatoms. The van der Waals surface area contributed by atoms with Crippen molar-refractivity contribution < 1.29 is 18.7 Å². The molecule has 1 N–H and O–H groups in total. The van der Waals surface area contributed by atoms with Gasteiger partial charge in [0.1, 0.15) is 6.61 Å². The van der Waals surface area contributed by atoms with E-state index in [0.29, 0.717) is 23.9 Å². The first-order valence-electron chi connectivity index (χ1n) is 8.63. The van der Waals surface area contributed by atoms with E-state index >= 15 is 0 Å². The van der Waals surface area contributed by atoms with E-state index in [2.05, 4.69) is 10.3 Å². The molecular weight excluding hydrogens is 344 g/mol. The van der Waals surface area contributed by atoms with Crippen molar-refractivity contribution in [2.75, 3.05) is 7.11 Å². The normalized spacial score (nSPS) is 11.7. The molecule has 2 aromatic heterocycles. The predicted octanol–water partition coefficient (Wildman–Crippen LogP) is 4.06. The number of amides is 1. The zero-order chi connectivity index (χ0) is 19.2. The summed E-state index contributed by atoms with van der Waals surface area (Å²) in [5, 5.41) is 2.93. The Morgan fingerprint density at radius 3 is 2.63 bits per heavy atom. The summed E-state index contributed by atoms with van der Waals surface area (Å²) in [6.45, 7) is 4.16. The van der Waals surface area contributed by atoms with Crippen molar-refractivity contribution in [2.45, 2.75) is 26.5 Å². The smallest absolute Gasteiger partial charge is 0.287 e. The van der Waals surface area contributed by atoms with Crippen LogP contribution in [0, 0.1) is 6.92 Å². The molecule has 1 aromatic carbocycles. The van der Waals surface area contributed by atoms with E-state index in [1.807, 2.05) is 44.2 Å². The Kier molecular flexibility index (Phi) is 5.76. The molecule has 0 spiro atoms. The maximum Gasteiger partial charge on any atom is 0.287 e. The lowest BCUT2D eigenvalue weighted by Gasteiger charge is -2.17. The van der Waals surface area contributed by atoms with Crippen LogP contribution >= 0.6 is 0 Å². The number of rotatable bonds is 7. The highest BCUT2D eigenvalue weighted by atomic mass is 16.5. The Bertz CT molecular complexity index is 906. The van der Waals surface area contributed by atoms with Crippen molar-refractivity contribution in [3.8, 4) is 11.5 Å². The Balaban J connectivity index is 1.69. The van der Waals surface area contributed by atoms with E-state index in [0.717, 1.165) is 16.7 Å². The summed E-state index contributed by atoms with van der Waals surface area (Å²) in [5.41, 5.74) is 2.73. The second-order valence-corrected chi connectivity index (χ2v) is 6.18. The van der Waals surface area contributed by atoms with E-state index in [1.165, 1.54) is 6.26 Å². The standard InChI is InChI=1S/C21H22N2O4/c1-14-8-11-26-20(14)21(24)23-15(2)17-4-5-18(19(12-17)25-3)27-13-16-6-9-22-10-7-16/h4-12,15H,13H2,1-3H3,(H,23,24). The molecular formula is C21H22N2O4. The number of carbonyl (C=O) groups is 1. The minimum absolute atomic E-state index is 0.217. The SMILES string of the molecule is COc1cc(C(C)NC(=O)c2occc2C)ccc1OCc1ccncc1. The first-order chi connectivity index (χ1) is 13.1. The molecule has 0 saturated carbocycles. The largest absolute Gasteiger partial charge is 0.493 e. The van der Waals surface area contributed by atoms with Crippen LogP contribution in [0.3, 0.4) is 0 Å². The van der Waals surface area contributed by atoms with Crippen LogP contribution in [0.4, 0.5) is 0 Å². The highest BCUT2D eigenvalue weighted by Gasteiger charge is 2.17. The first kappa shape index (κ1) is 18.5. The average molecular weight is 366 g/mol. The van der Waals surface area contributed by atoms with Gasteiger partial charge in [-0.2, -0.15) is 0 Å². The molecule has 3 aromatic rings. The van der Waals surface area contributed by atoms with Gasteiger partial charge in [0.05, 0.1) is 19.4 Å². The molecule has 6 nitrogen and oxygen atoms in total. The molecule has 0 aliphatic heterocycles. The minimum atomic E-state index is -0.248. The minimum Gasteiger partial charge on any atom is -0.493 e. The van der Waals surface area contributed by atoms with Crippen LogP contribution in [0.15, 0.2) is 59.5 Å². The van der Waals surface area contributed by atoms with Gasteiger partial charge < -0.3 is 19.2 Å². The molecule has 1 atom stereocenters. The molecule has 1 unspecified atom stereocenters. The number of pyridine rings is 1. The van der Waals surface area contributed by atoms with E-state index in [9.17, 15) is 4.79 Å². The highest BCUT2D eigenvalue weighted by Crippen LogP contribution is 2.31. The second-order valence-electron chi connectivity index (χ2n) is 6.18. The third-order valence-corrected chi connectivity index (χ3v) is 4.25. The number of ether oxygens (including phenoxy) is 2. The topological polar surface area (TPSA) is 73.6 Å². The van der Waals surface area contributed by atoms with Crippen LogP contribution in [0.5, 0.6) is 11.5 Å². The lowest BCUT2D eigenvalue weighted by molar-refractivity contribution is 0.0911. The fourth-order valence-corrected chi connectivity index (χ4v) is 2.66. The molecule has 0 aliphatic rings. The highest BCUT2D eigenvalue weighted by molar-refractivity contribution is 5.93. The summed E-state index contributed by atoms with van der Waals surface area (Å²) >= 11 is 0. The predicted molar refractivity (Wildman–Crippen MR) is 101 cm³/mol. The third-order valence-electron chi connectivity index (χ3n) is 4.25. The zero-order valence-corrected chi connectivity index (χ0v) is 15.6. The van der Waals surface area contributed by atoms with Gasteiger partial charge in [-0.05, 0) is 55.3 Å². The Morgan fingerprint density at radius 1 is 1.19 bits per heavy atom. The second kappa shape index (κ2) is 8.40. The molecule has 1 amide bonds. The van der Waals surface area contributed by atoms with Crippen molar-refractivity contribution in [3.63, 3.8) is 0 Å². The fourth-order valence-electron chi connectivity index (χ4n) is 2.66. The molecule has 0 aliphatic carbocycles. The summed E-state index contributed by atoms with van der Waals surface area (Å²) in [6, 6.07) is 11.0. The van der Waals surface area contributed by atoms with Crippen molar-refractivity contribution >= 4 is 5.91 Å². The number of furan rings is 1. The number of aromatic nitrogens is 1. The Labute approximate surface area is 158 Å². The van der Waals surface area contributed by atoms with Crippen LogP contribution in [0.1, 0.15) is 40.2 Å². The summed E-state index contributed by atoms with van der Waals surface area (Å²) in [4.78, 5) is 16.3. The summed E-state index contributed by atoms with van der Waals surface area (Å²) in [6.07, 6.45) is 4.96. The molecule has 3 rings (SSSR count).